The molecule has 3 heteroatoms. The Morgan fingerprint density at radius 3 is 1.41 bits per heavy atom. The molecule has 0 aliphatic carbocycles. The van der Waals surface area contributed by atoms with E-state index in [9.17, 15) is 0 Å². The second-order valence-electron chi connectivity index (χ2n) is 3.81. The molecule has 2 aromatic rings. The van der Waals surface area contributed by atoms with Gasteiger partial charge in [0.2, 0.25) is 12.6 Å². The predicted octanol–water partition coefficient (Wildman–Crippen LogP) is 3.36. The van der Waals surface area contributed by atoms with Crippen LogP contribution in [-0.2, 0) is 14.5 Å². The Balaban J connectivity index is 1.75. The van der Waals surface area contributed by atoms with E-state index in [4.69, 9.17) is 14.5 Å². The zero-order valence-corrected chi connectivity index (χ0v) is 9.15. The number of benzene rings is 2. The molecule has 0 amide bonds. The van der Waals surface area contributed by atoms with Gasteiger partial charge in [-0.3, -0.25) is 0 Å². The quantitative estimate of drug-likeness (QED) is 0.737. The van der Waals surface area contributed by atoms with Gasteiger partial charge in [0.15, 0.2) is 0 Å². The second kappa shape index (κ2) is 4.67. The van der Waals surface area contributed by atoms with Crippen molar-refractivity contribution in [2.45, 2.75) is 12.6 Å². The Kier molecular flexibility index (Phi) is 2.88. The van der Waals surface area contributed by atoms with E-state index < -0.39 is 12.6 Å². The Morgan fingerprint density at radius 1 is 0.588 bits per heavy atom. The van der Waals surface area contributed by atoms with E-state index in [0.29, 0.717) is 0 Å². The van der Waals surface area contributed by atoms with E-state index in [1.54, 1.807) is 0 Å². The highest BCUT2D eigenvalue weighted by molar-refractivity contribution is 5.18. The van der Waals surface area contributed by atoms with Crippen LogP contribution < -0.4 is 0 Å². The van der Waals surface area contributed by atoms with Crippen molar-refractivity contribution in [3.8, 4) is 0 Å². The van der Waals surface area contributed by atoms with Gasteiger partial charge in [0.25, 0.3) is 0 Å². The number of rotatable bonds is 2. The molecule has 0 aromatic heterocycles. The van der Waals surface area contributed by atoms with Crippen molar-refractivity contribution in [3.63, 3.8) is 0 Å². The van der Waals surface area contributed by atoms with Gasteiger partial charge in [0.1, 0.15) is 0 Å². The highest BCUT2D eigenvalue weighted by Crippen LogP contribution is 2.35. The maximum atomic E-state index is 5.69. The first-order chi connectivity index (χ1) is 8.43. The summed E-state index contributed by atoms with van der Waals surface area (Å²) in [7, 11) is 0. The van der Waals surface area contributed by atoms with Crippen LogP contribution in [0.1, 0.15) is 23.7 Å². The zero-order valence-electron chi connectivity index (χ0n) is 9.15. The molecule has 3 rings (SSSR count). The molecule has 0 spiro atoms. The predicted molar refractivity (Wildman–Crippen MR) is 61.6 cm³/mol. The average molecular weight is 228 g/mol. The lowest BCUT2D eigenvalue weighted by molar-refractivity contribution is -0.300. The Morgan fingerprint density at radius 2 is 1.00 bits per heavy atom. The molecule has 0 radical (unpaired) electrons. The first-order valence-electron chi connectivity index (χ1n) is 5.51. The molecule has 17 heavy (non-hydrogen) atoms. The van der Waals surface area contributed by atoms with Gasteiger partial charge < -0.3 is 4.74 Å². The third-order valence-electron chi connectivity index (χ3n) is 2.62. The monoisotopic (exact) mass is 228 g/mol. The number of ether oxygens (including phenoxy) is 1. The van der Waals surface area contributed by atoms with Crippen LogP contribution in [-0.4, -0.2) is 0 Å². The molecule has 2 atom stereocenters. The Hall–Kier alpha value is -1.68. The van der Waals surface area contributed by atoms with Gasteiger partial charge in [-0.2, -0.15) is 9.78 Å². The molecule has 86 valence electrons. The van der Waals surface area contributed by atoms with E-state index in [2.05, 4.69) is 0 Å². The SMILES string of the molecule is c1ccc([C@@H]2OO[C@H](c3ccccc3)O2)cc1. The molecule has 0 bridgehead atoms. The van der Waals surface area contributed by atoms with Crippen molar-refractivity contribution in [1.29, 1.82) is 0 Å². The summed E-state index contributed by atoms with van der Waals surface area (Å²) in [6.45, 7) is 0. The highest BCUT2D eigenvalue weighted by atomic mass is 17.3. The second-order valence-corrected chi connectivity index (χ2v) is 3.81. The van der Waals surface area contributed by atoms with Crippen LogP contribution in [0.4, 0.5) is 0 Å². The lowest BCUT2D eigenvalue weighted by Crippen LogP contribution is -2.00. The van der Waals surface area contributed by atoms with E-state index in [0.717, 1.165) is 11.1 Å². The summed E-state index contributed by atoms with van der Waals surface area (Å²) in [4.78, 5) is 10.4. The van der Waals surface area contributed by atoms with Crippen LogP contribution in [0.25, 0.3) is 0 Å². The van der Waals surface area contributed by atoms with Gasteiger partial charge >= 0.3 is 0 Å². The van der Waals surface area contributed by atoms with Crippen molar-refractivity contribution < 1.29 is 14.5 Å². The van der Waals surface area contributed by atoms with Crippen molar-refractivity contribution in [2.24, 2.45) is 0 Å². The largest absolute Gasteiger partial charge is 0.309 e. The van der Waals surface area contributed by atoms with E-state index in [1.165, 1.54) is 0 Å². The van der Waals surface area contributed by atoms with Crippen LogP contribution in [0.3, 0.4) is 0 Å². The fourth-order valence-corrected chi connectivity index (χ4v) is 1.75. The average Bonchev–Trinajstić information content (AvgIpc) is 2.90. The van der Waals surface area contributed by atoms with Crippen LogP contribution in [0, 0.1) is 0 Å². The zero-order chi connectivity index (χ0) is 11.5. The topological polar surface area (TPSA) is 27.7 Å². The molecule has 2 aromatic carbocycles. The van der Waals surface area contributed by atoms with Gasteiger partial charge in [-0.15, -0.1) is 0 Å². The van der Waals surface area contributed by atoms with E-state index in [-0.39, 0.29) is 0 Å². The number of hydrogen-bond acceptors (Lipinski definition) is 3. The summed E-state index contributed by atoms with van der Waals surface area (Å²) in [5, 5.41) is 0. The standard InChI is InChI=1S/C14H12O3/c1-3-7-11(8-4-1)13-15-14(17-16-13)12-9-5-2-6-10-12/h1-10,13-14H/t13-,14+. The van der Waals surface area contributed by atoms with Crippen LogP contribution >= 0.6 is 0 Å². The van der Waals surface area contributed by atoms with Crippen molar-refractivity contribution in [3.05, 3.63) is 71.8 Å². The summed E-state index contributed by atoms with van der Waals surface area (Å²) in [6, 6.07) is 19.5. The summed E-state index contributed by atoms with van der Waals surface area (Å²) in [6.07, 6.45) is -0.914. The van der Waals surface area contributed by atoms with Gasteiger partial charge in [-0.25, -0.2) is 0 Å². The van der Waals surface area contributed by atoms with Gasteiger partial charge in [-0.05, 0) is 0 Å². The Bertz CT molecular complexity index is 424. The molecule has 1 heterocycles. The molecular formula is C14H12O3. The minimum absolute atomic E-state index is 0.457. The van der Waals surface area contributed by atoms with Crippen LogP contribution in [0.15, 0.2) is 60.7 Å². The third kappa shape index (κ3) is 2.22. The number of hydrogen-bond donors (Lipinski definition) is 0. The molecule has 1 fully saturated rings. The first kappa shape index (κ1) is 10.5. The maximum absolute atomic E-state index is 5.69. The van der Waals surface area contributed by atoms with Gasteiger partial charge in [-0.1, -0.05) is 60.7 Å². The van der Waals surface area contributed by atoms with Crippen LogP contribution in [0.5, 0.6) is 0 Å². The minimum atomic E-state index is -0.457. The first-order valence-corrected chi connectivity index (χ1v) is 5.51. The van der Waals surface area contributed by atoms with Gasteiger partial charge in [0, 0.05) is 11.1 Å². The molecule has 0 saturated carbocycles. The van der Waals surface area contributed by atoms with E-state index in [1.807, 2.05) is 60.7 Å². The summed E-state index contributed by atoms with van der Waals surface area (Å²) >= 11 is 0. The fraction of sp³-hybridized carbons (Fsp3) is 0.143. The third-order valence-corrected chi connectivity index (χ3v) is 2.62. The smallest absolute Gasteiger partial charge is 0.220 e. The lowest BCUT2D eigenvalue weighted by Gasteiger charge is -2.08. The van der Waals surface area contributed by atoms with Crippen molar-refractivity contribution in [2.75, 3.05) is 0 Å². The highest BCUT2D eigenvalue weighted by Gasteiger charge is 2.30. The van der Waals surface area contributed by atoms with Crippen LogP contribution in [0.2, 0.25) is 0 Å². The summed E-state index contributed by atoms with van der Waals surface area (Å²) < 4.78 is 5.69. The molecule has 1 aliphatic heterocycles. The summed E-state index contributed by atoms with van der Waals surface area (Å²) in [5.41, 5.74) is 1.90. The maximum Gasteiger partial charge on any atom is 0.220 e. The van der Waals surface area contributed by atoms with Crippen molar-refractivity contribution >= 4 is 0 Å². The minimum Gasteiger partial charge on any atom is -0.309 e. The molecule has 0 N–H and O–H groups in total. The fourth-order valence-electron chi connectivity index (χ4n) is 1.75. The van der Waals surface area contributed by atoms with E-state index >= 15 is 0 Å². The molecule has 1 aliphatic rings. The van der Waals surface area contributed by atoms with Crippen molar-refractivity contribution in [1.82, 2.24) is 0 Å². The lowest BCUT2D eigenvalue weighted by atomic mass is 10.2. The molecule has 1 saturated heterocycles. The summed E-state index contributed by atoms with van der Waals surface area (Å²) in [5.74, 6) is 0. The molecule has 0 unspecified atom stereocenters. The molecule has 3 nitrogen and oxygen atoms in total. The van der Waals surface area contributed by atoms with Gasteiger partial charge in [0.05, 0.1) is 0 Å². The Labute approximate surface area is 99.5 Å². The normalized spacial score (nSPS) is 23.8. The molecular weight excluding hydrogens is 216 g/mol.